The first-order valence-corrected chi connectivity index (χ1v) is 11.7. The summed E-state index contributed by atoms with van der Waals surface area (Å²) in [6, 6.07) is 0. The maximum atomic E-state index is 12.6. The number of rotatable bonds is 2. The Kier molecular flexibility index (Phi) is 4.69. The minimum absolute atomic E-state index is 0.0120. The van der Waals surface area contributed by atoms with Crippen LogP contribution in [0.25, 0.3) is 0 Å². The van der Waals surface area contributed by atoms with Crippen LogP contribution < -0.4 is 5.32 Å². The molecule has 1 heterocycles. The lowest BCUT2D eigenvalue weighted by Crippen LogP contribution is -2.50. The molecule has 3 saturated carbocycles. The van der Waals surface area contributed by atoms with Crippen molar-refractivity contribution in [2.45, 2.75) is 84.2 Å². The van der Waals surface area contributed by atoms with E-state index in [0.29, 0.717) is 17.1 Å². The van der Waals surface area contributed by atoms with Gasteiger partial charge in [-0.3, -0.25) is 4.79 Å². The van der Waals surface area contributed by atoms with Crippen molar-refractivity contribution in [3.05, 3.63) is 11.6 Å². The fourth-order valence-corrected chi connectivity index (χ4v) is 7.47. The van der Waals surface area contributed by atoms with E-state index >= 15 is 0 Å². The van der Waals surface area contributed by atoms with Crippen molar-refractivity contribution < 1.29 is 9.63 Å². The summed E-state index contributed by atoms with van der Waals surface area (Å²) in [6.07, 6.45) is 13.9. The van der Waals surface area contributed by atoms with Crippen LogP contribution in [0.5, 0.6) is 0 Å². The van der Waals surface area contributed by atoms with Gasteiger partial charge in [0.15, 0.2) is 0 Å². The van der Waals surface area contributed by atoms with Gasteiger partial charge >= 0.3 is 0 Å². The van der Waals surface area contributed by atoms with Gasteiger partial charge in [0.25, 0.3) is 0 Å². The maximum Gasteiger partial charge on any atom is 0.139 e. The number of ketones is 1. The molecular weight excluding hydrogens is 348 g/mol. The maximum absolute atomic E-state index is 12.6. The standard InChI is InChI=1S/C24H36N2O2/c1-23-11-9-17(26-28-18-4-3-13-25-15-18)14-16(23)5-6-19-20-7-8-22(27)24(20,2)12-10-21(19)23/h14,18-21,25H,3-13,15H2,1-2H3/t18?,19?,20?,21?,23-,24+/m1/s1. The first kappa shape index (κ1) is 18.8. The SMILES string of the molecule is C[C@]12CCC3C(CCC4=CC(=NOC5CCCNC5)CC[C@]43C)C1CCC2=O. The van der Waals surface area contributed by atoms with Crippen LogP contribution in [-0.2, 0) is 9.63 Å². The summed E-state index contributed by atoms with van der Waals surface area (Å²) < 4.78 is 0. The lowest BCUT2D eigenvalue weighted by atomic mass is 9.47. The zero-order chi connectivity index (χ0) is 19.4. The van der Waals surface area contributed by atoms with E-state index in [1.165, 1.54) is 32.1 Å². The van der Waals surface area contributed by atoms with Gasteiger partial charge in [0.1, 0.15) is 11.9 Å². The Hall–Kier alpha value is -1.16. The fourth-order valence-electron chi connectivity index (χ4n) is 7.47. The number of hydrogen-bond acceptors (Lipinski definition) is 4. The van der Waals surface area contributed by atoms with E-state index < -0.39 is 0 Å². The van der Waals surface area contributed by atoms with Crippen LogP contribution in [0, 0.1) is 28.6 Å². The van der Waals surface area contributed by atoms with Crippen molar-refractivity contribution >= 4 is 11.5 Å². The zero-order valence-corrected chi connectivity index (χ0v) is 17.6. The Morgan fingerprint density at radius 3 is 2.71 bits per heavy atom. The smallest absolute Gasteiger partial charge is 0.139 e. The first-order chi connectivity index (χ1) is 13.5. The van der Waals surface area contributed by atoms with E-state index in [0.717, 1.165) is 62.7 Å². The molecule has 0 aromatic heterocycles. The molecule has 0 amide bonds. The predicted octanol–water partition coefficient (Wildman–Crippen LogP) is 4.64. The summed E-state index contributed by atoms with van der Waals surface area (Å²) in [5.41, 5.74) is 3.05. The fraction of sp³-hybridized carbons (Fsp3) is 0.833. The summed E-state index contributed by atoms with van der Waals surface area (Å²) in [4.78, 5) is 18.4. The van der Waals surface area contributed by atoms with Gasteiger partial charge in [0, 0.05) is 18.4 Å². The number of oxime groups is 1. The summed E-state index contributed by atoms with van der Waals surface area (Å²) in [6.45, 7) is 6.82. The molecule has 28 heavy (non-hydrogen) atoms. The second kappa shape index (κ2) is 6.97. The van der Waals surface area contributed by atoms with E-state index in [1.54, 1.807) is 5.57 Å². The molecule has 0 spiro atoms. The van der Waals surface area contributed by atoms with Crippen molar-refractivity contribution in [2.24, 2.45) is 33.7 Å². The van der Waals surface area contributed by atoms with E-state index in [2.05, 4.69) is 30.4 Å². The molecule has 5 rings (SSSR count). The molecule has 0 bridgehead atoms. The van der Waals surface area contributed by atoms with Gasteiger partial charge in [-0.1, -0.05) is 24.6 Å². The van der Waals surface area contributed by atoms with E-state index in [4.69, 9.17) is 4.84 Å². The van der Waals surface area contributed by atoms with E-state index in [9.17, 15) is 4.79 Å². The Morgan fingerprint density at radius 1 is 1.04 bits per heavy atom. The summed E-state index contributed by atoms with van der Waals surface area (Å²) in [5, 5.41) is 7.96. The summed E-state index contributed by atoms with van der Waals surface area (Å²) in [7, 11) is 0. The van der Waals surface area contributed by atoms with Crippen molar-refractivity contribution in [2.75, 3.05) is 13.1 Å². The van der Waals surface area contributed by atoms with Gasteiger partial charge < -0.3 is 10.2 Å². The molecule has 0 radical (unpaired) electrons. The monoisotopic (exact) mass is 384 g/mol. The molecule has 4 aliphatic carbocycles. The van der Waals surface area contributed by atoms with Gasteiger partial charge in [0.2, 0.25) is 0 Å². The summed E-state index contributed by atoms with van der Waals surface area (Å²) in [5.74, 6) is 2.68. The van der Waals surface area contributed by atoms with Gasteiger partial charge in [-0.15, -0.1) is 0 Å². The van der Waals surface area contributed by atoms with E-state index in [1.807, 2.05) is 0 Å². The third-order valence-corrected chi connectivity index (χ3v) is 9.26. The number of fused-ring (bicyclic) bond motifs is 5. The van der Waals surface area contributed by atoms with Crippen LogP contribution in [-0.4, -0.2) is 30.7 Å². The number of carbonyl (C=O) groups excluding carboxylic acids is 1. The molecular formula is C24H36N2O2. The topological polar surface area (TPSA) is 50.7 Å². The number of nitrogens with one attached hydrogen (secondary N) is 1. The van der Waals surface area contributed by atoms with Crippen LogP contribution >= 0.6 is 0 Å². The zero-order valence-electron chi connectivity index (χ0n) is 17.6. The number of hydrogen-bond donors (Lipinski definition) is 1. The highest BCUT2D eigenvalue weighted by molar-refractivity contribution is 5.96. The Bertz CT molecular complexity index is 707. The first-order valence-electron chi connectivity index (χ1n) is 11.7. The van der Waals surface area contributed by atoms with Crippen LogP contribution in [0.4, 0.5) is 0 Å². The number of Topliss-reactive ketones (excluding diaryl/α,β-unsaturated/α-hetero) is 1. The normalized spacial score (nSPS) is 47.1. The lowest BCUT2D eigenvalue weighted by molar-refractivity contribution is -0.132. The second-order valence-electron chi connectivity index (χ2n) is 10.6. The van der Waals surface area contributed by atoms with Crippen molar-refractivity contribution in [3.63, 3.8) is 0 Å². The molecule has 0 aromatic rings. The minimum Gasteiger partial charge on any atom is -0.391 e. The van der Waals surface area contributed by atoms with Crippen LogP contribution in [0.15, 0.2) is 16.8 Å². The quantitative estimate of drug-likeness (QED) is 0.706. The molecule has 6 atom stereocenters. The molecule has 4 unspecified atom stereocenters. The number of piperidine rings is 1. The van der Waals surface area contributed by atoms with E-state index in [-0.39, 0.29) is 11.5 Å². The third kappa shape index (κ3) is 2.89. The average molecular weight is 385 g/mol. The van der Waals surface area contributed by atoms with Gasteiger partial charge in [-0.25, -0.2) is 0 Å². The predicted molar refractivity (Wildman–Crippen MR) is 111 cm³/mol. The molecule has 154 valence electrons. The molecule has 0 aromatic carbocycles. The highest BCUT2D eigenvalue weighted by atomic mass is 16.6. The van der Waals surface area contributed by atoms with Gasteiger partial charge in [-0.2, -0.15) is 0 Å². The van der Waals surface area contributed by atoms with Gasteiger partial charge in [0.05, 0.1) is 5.71 Å². The Morgan fingerprint density at radius 2 is 1.89 bits per heavy atom. The lowest BCUT2D eigenvalue weighted by Gasteiger charge is -2.57. The molecule has 1 saturated heterocycles. The Labute approximate surface area is 169 Å². The van der Waals surface area contributed by atoms with Crippen molar-refractivity contribution in [1.29, 1.82) is 0 Å². The molecule has 1 N–H and O–H groups in total. The molecule has 4 heteroatoms. The second-order valence-corrected chi connectivity index (χ2v) is 10.6. The highest BCUT2D eigenvalue weighted by Crippen LogP contribution is 2.64. The molecule has 4 nitrogen and oxygen atoms in total. The summed E-state index contributed by atoms with van der Waals surface area (Å²) >= 11 is 0. The minimum atomic E-state index is -0.0120. The Balaban J connectivity index is 1.33. The number of nitrogens with zero attached hydrogens (tertiary/aromatic N) is 1. The largest absolute Gasteiger partial charge is 0.391 e. The van der Waals surface area contributed by atoms with Crippen molar-refractivity contribution in [1.82, 2.24) is 5.32 Å². The third-order valence-electron chi connectivity index (χ3n) is 9.26. The highest BCUT2D eigenvalue weighted by Gasteiger charge is 2.58. The van der Waals surface area contributed by atoms with Gasteiger partial charge in [-0.05, 0) is 93.6 Å². The van der Waals surface area contributed by atoms with Crippen LogP contribution in [0.3, 0.4) is 0 Å². The van der Waals surface area contributed by atoms with Crippen LogP contribution in [0.1, 0.15) is 78.1 Å². The van der Waals surface area contributed by atoms with Crippen molar-refractivity contribution in [3.8, 4) is 0 Å². The molecule has 5 aliphatic rings. The molecule has 1 aliphatic heterocycles. The average Bonchev–Trinajstić information content (AvgIpc) is 3.02. The molecule has 4 fully saturated rings. The number of allylic oxidation sites excluding steroid dienone is 2. The van der Waals surface area contributed by atoms with Crippen LogP contribution in [0.2, 0.25) is 0 Å². The number of carbonyl (C=O) groups is 1.